The first-order valence-corrected chi connectivity index (χ1v) is 6.95. The summed E-state index contributed by atoms with van der Waals surface area (Å²) in [7, 11) is 0. The molecule has 9 heteroatoms. The van der Waals surface area contributed by atoms with Crippen LogP contribution in [0.3, 0.4) is 0 Å². The molecule has 23 heavy (non-hydrogen) atoms. The smallest absolute Gasteiger partial charge is 0.327 e. The monoisotopic (exact) mass is 317 g/mol. The summed E-state index contributed by atoms with van der Waals surface area (Å²) >= 11 is 0. The molecule has 1 atom stereocenters. The van der Waals surface area contributed by atoms with Crippen molar-refractivity contribution in [3.63, 3.8) is 0 Å². The number of aliphatic hydroxyl groups is 2. The molecule has 0 aliphatic carbocycles. The molecule has 3 aromatic rings. The molecule has 0 spiro atoms. The van der Waals surface area contributed by atoms with Crippen molar-refractivity contribution in [3.05, 3.63) is 38.5 Å². The SMILES string of the molecule is Cc1cc2nc3c(=O)[nH]c(=O)[nH]c3nc2cc1NCC(O)CO. The molecule has 3 rings (SSSR count). The number of fused-ring (bicyclic) bond motifs is 2. The third-order valence-electron chi connectivity index (χ3n) is 3.42. The topological polar surface area (TPSA) is 144 Å². The average Bonchev–Trinajstić information content (AvgIpc) is 2.51. The molecule has 1 aromatic carbocycles. The number of hydrogen-bond acceptors (Lipinski definition) is 7. The Morgan fingerprint density at radius 3 is 2.70 bits per heavy atom. The van der Waals surface area contributed by atoms with E-state index >= 15 is 0 Å². The number of aromatic nitrogens is 4. The number of rotatable bonds is 4. The van der Waals surface area contributed by atoms with Crippen molar-refractivity contribution in [2.24, 2.45) is 0 Å². The fourth-order valence-corrected chi connectivity index (χ4v) is 2.24. The Kier molecular flexibility index (Phi) is 3.80. The van der Waals surface area contributed by atoms with Gasteiger partial charge in [0, 0.05) is 12.2 Å². The minimum Gasteiger partial charge on any atom is -0.394 e. The predicted molar refractivity (Wildman–Crippen MR) is 84.6 cm³/mol. The number of hydrogen-bond donors (Lipinski definition) is 5. The minimum absolute atomic E-state index is 0.0629. The maximum Gasteiger partial charge on any atom is 0.327 e. The molecule has 5 N–H and O–H groups in total. The Morgan fingerprint density at radius 1 is 1.22 bits per heavy atom. The molecule has 9 nitrogen and oxygen atoms in total. The number of benzene rings is 1. The zero-order chi connectivity index (χ0) is 16.6. The molecule has 0 aliphatic rings. The van der Waals surface area contributed by atoms with Crippen molar-refractivity contribution in [2.45, 2.75) is 13.0 Å². The van der Waals surface area contributed by atoms with Gasteiger partial charge in [-0.25, -0.2) is 14.8 Å². The number of aryl methyl sites for hydroxylation is 1. The van der Waals surface area contributed by atoms with Gasteiger partial charge in [-0.2, -0.15) is 0 Å². The zero-order valence-electron chi connectivity index (χ0n) is 12.3. The number of nitrogens with one attached hydrogen (secondary N) is 3. The molecule has 0 radical (unpaired) electrons. The second-order valence-electron chi connectivity index (χ2n) is 5.20. The maximum absolute atomic E-state index is 11.8. The van der Waals surface area contributed by atoms with Gasteiger partial charge >= 0.3 is 5.69 Å². The fraction of sp³-hybridized carbons (Fsp3) is 0.286. The Hall–Kier alpha value is -2.78. The van der Waals surface area contributed by atoms with E-state index in [1.54, 1.807) is 12.1 Å². The molecule has 1 unspecified atom stereocenters. The van der Waals surface area contributed by atoms with Crippen LogP contribution in [0, 0.1) is 6.92 Å². The number of nitrogens with zero attached hydrogens (tertiary/aromatic N) is 2. The van der Waals surface area contributed by atoms with E-state index in [1.807, 2.05) is 6.92 Å². The second kappa shape index (κ2) is 5.78. The Morgan fingerprint density at radius 2 is 1.96 bits per heavy atom. The second-order valence-corrected chi connectivity index (χ2v) is 5.20. The van der Waals surface area contributed by atoms with E-state index in [9.17, 15) is 14.7 Å². The lowest BCUT2D eigenvalue weighted by Crippen LogP contribution is -2.23. The third-order valence-corrected chi connectivity index (χ3v) is 3.42. The highest BCUT2D eigenvalue weighted by atomic mass is 16.3. The van der Waals surface area contributed by atoms with Gasteiger partial charge in [-0.05, 0) is 24.6 Å². The van der Waals surface area contributed by atoms with Crippen LogP contribution in [0.5, 0.6) is 0 Å². The van der Waals surface area contributed by atoms with Gasteiger partial charge in [0.1, 0.15) is 0 Å². The largest absolute Gasteiger partial charge is 0.394 e. The molecule has 2 heterocycles. The molecule has 0 saturated carbocycles. The first-order valence-electron chi connectivity index (χ1n) is 6.95. The van der Waals surface area contributed by atoms with E-state index < -0.39 is 17.4 Å². The summed E-state index contributed by atoms with van der Waals surface area (Å²) in [5.41, 5.74) is 1.50. The van der Waals surface area contributed by atoms with Crippen LogP contribution in [-0.2, 0) is 0 Å². The third kappa shape index (κ3) is 2.91. The van der Waals surface area contributed by atoms with Gasteiger partial charge in [0.15, 0.2) is 11.2 Å². The van der Waals surface area contributed by atoms with Gasteiger partial charge in [-0.1, -0.05) is 0 Å². The molecule has 2 aromatic heterocycles. The molecule has 120 valence electrons. The van der Waals surface area contributed by atoms with Gasteiger partial charge in [-0.15, -0.1) is 0 Å². The van der Waals surface area contributed by atoms with Crippen molar-refractivity contribution in [3.8, 4) is 0 Å². The first kappa shape index (κ1) is 15.1. The van der Waals surface area contributed by atoms with E-state index in [2.05, 4.69) is 25.3 Å². The van der Waals surface area contributed by atoms with Crippen LogP contribution in [0.15, 0.2) is 21.7 Å². The molecular weight excluding hydrogens is 302 g/mol. The van der Waals surface area contributed by atoms with E-state index in [0.29, 0.717) is 16.7 Å². The van der Waals surface area contributed by atoms with Crippen LogP contribution in [0.4, 0.5) is 5.69 Å². The molecule has 0 bridgehead atoms. The zero-order valence-corrected chi connectivity index (χ0v) is 12.3. The number of aliphatic hydroxyl groups excluding tert-OH is 2. The Labute approximate surface area is 129 Å². The van der Waals surface area contributed by atoms with Crippen molar-refractivity contribution < 1.29 is 10.2 Å². The minimum atomic E-state index is -0.873. The van der Waals surface area contributed by atoms with Crippen molar-refractivity contribution in [1.29, 1.82) is 0 Å². The highest BCUT2D eigenvalue weighted by molar-refractivity contribution is 5.87. The standard InChI is InChI=1S/C14H15N5O4/c1-6-2-9-10(3-8(6)15-4-7(21)5-20)17-12-11(16-9)13(22)19-14(23)18-12/h2-3,7,15,20-21H,4-5H2,1H3,(H2,17,18,19,22,23). The van der Waals surface area contributed by atoms with Crippen LogP contribution in [-0.4, -0.2) is 49.4 Å². The van der Waals surface area contributed by atoms with E-state index in [4.69, 9.17) is 5.11 Å². The number of aromatic amines is 2. The summed E-state index contributed by atoms with van der Waals surface area (Å²) in [5.74, 6) is 0. The summed E-state index contributed by atoms with van der Waals surface area (Å²) in [6.07, 6.45) is -0.873. The lowest BCUT2D eigenvalue weighted by atomic mass is 10.1. The molecule has 0 amide bonds. The molecular formula is C14H15N5O4. The van der Waals surface area contributed by atoms with Gasteiger partial charge in [0.2, 0.25) is 0 Å². The van der Waals surface area contributed by atoms with E-state index in [-0.39, 0.29) is 24.3 Å². The van der Waals surface area contributed by atoms with Crippen LogP contribution in [0.1, 0.15) is 5.56 Å². The van der Waals surface area contributed by atoms with Crippen LogP contribution in [0.25, 0.3) is 22.2 Å². The lowest BCUT2D eigenvalue weighted by Gasteiger charge is -2.13. The van der Waals surface area contributed by atoms with Crippen LogP contribution >= 0.6 is 0 Å². The van der Waals surface area contributed by atoms with Gasteiger partial charge in [-0.3, -0.25) is 14.8 Å². The summed E-state index contributed by atoms with van der Waals surface area (Å²) < 4.78 is 0. The molecule has 0 saturated heterocycles. The number of H-pyrrole nitrogens is 2. The number of anilines is 1. The predicted octanol–water partition coefficient (Wildman–Crippen LogP) is -0.767. The highest BCUT2D eigenvalue weighted by Crippen LogP contribution is 2.22. The summed E-state index contributed by atoms with van der Waals surface area (Å²) in [5, 5.41) is 21.3. The van der Waals surface area contributed by atoms with Crippen LogP contribution in [0.2, 0.25) is 0 Å². The van der Waals surface area contributed by atoms with Crippen LogP contribution < -0.4 is 16.6 Å². The maximum atomic E-state index is 11.8. The van der Waals surface area contributed by atoms with Crippen molar-refractivity contribution in [1.82, 2.24) is 19.9 Å². The summed E-state index contributed by atoms with van der Waals surface area (Å²) in [6, 6.07) is 3.46. The van der Waals surface area contributed by atoms with E-state index in [1.165, 1.54) is 0 Å². The van der Waals surface area contributed by atoms with Gasteiger partial charge in [0.25, 0.3) is 5.56 Å². The Bertz CT molecular complexity index is 994. The normalized spacial score (nSPS) is 12.7. The molecule has 0 fully saturated rings. The van der Waals surface area contributed by atoms with Crippen molar-refractivity contribution >= 4 is 27.9 Å². The lowest BCUT2D eigenvalue weighted by molar-refractivity contribution is 0.105. The fourth-order valence-electron chi connectivity index (χ4n) is 2.24. The first-order chi connectivity index (χ1) is 11.0. The van der Waals surface area contributed by atoms with E-state index in [0.717, 1.165) is 5.56 Å². The quantitative estimate of drug-likeness (QED) is 0.397. The van der Waals surface area contributed by atoms with Crippen molar-refractivity contribution in [2.75, 3.05) is 18.5 Å². The summed E-state index contributed by atoms with van der Waals surface area (Å²) in [4.78, 5) is 36.1. The van der Waals surface area contributed by atoms with Gasteiger partial charge in [0.05, 0.1) is 23.7 Å². The average molecular weight is 317 g/mol. The molecule has 0 aliphatic heterocycles. The van der Waals surface area contributed by atoms with Gasteiger partial charge < -0.3 is 15.5 Å². The summed E-state index contributed by atoms with van der Waals surface area (Å²) in [6.45, 7) is 1.69. The Balaban J connectivity index is 2.13. The highest BCUT2D eigenvalue weighted by Gasteiger charge is 2.10.